The van der Waals surface area contributed by atoms with E-state index in [1.807, 2.05) is 36.0 Å². The van der Waals surface area contributed by atoms with Crippen molar-refractivity contribution in [1.29, 1.82) is 0 Å². The maximum absolute atomic E-state index is 11.9. The normalized spacial score (nSPS) is 13.0. The first-order chi connectivity index (χ1) is 7.50. The zero-order valence-electron chi connectivity index (χ0n) is 9.20. The van der Waals surface area contributed by atoms with Crippen molar-refractivity contribution < 1.29 is 4.79 Å². The summed E-state index contributed by atoms with van der Waals surface area (Å²) < 4.78 is 3.08. The number of rotatable bonds is 2. The maximum Gasteiger partial charge on any atom is 0.181 e. The van der Waals surface area contributed by atoms with Crippen LogP contribution < -0.4 is 5.73 Å². The van der Waals surface area contributed by atoms with Crippen molar-refractivity contribution in [1.82, 2.24) is 4.57 Å². The van der Waals surface area contributed by atoms with E-state index >= 15 is 0 Å². The molecular formula is C12H13IN2O. The van der Waals surface area contributed by atoms with Gasteiger partial charge in [-0.15, -0.1) is 0 Å². The minimum absolute atomic E-state index is 0.00685. The van der Waals surface area contributed by atoms with Crippen LogP contribution in [0.4, 0.5) is 0 Å². The molecule has 2 rings (SSSR count). The molecule has 84 valence electrons. The average Bonchev–Trinajstić information content (AvgIpc) is 2.54. The van der Waals surface area contributed by atoms with Crippen molar-refractivity contribution in [3.8, 4) is 0 Å². The number of nitrogens with two attached hydrogens (primary N) is 1. The molecule has 1 aromatic carbocycles. The lowest BCUT2D eigenvalue weighted by atomic mass is 10.1. The van der Waals surface area contributed by atoms with Crippen LogP contribution in [0.5, 0.6) is 0 Å². The number of carbonyl (C=O) groups is 1. The highest BCUT2D eigenvalue weighted by Crippen LogP contribution is 2.23. The summed E-state index contributed by atoms with van der Waals surface area (Å²) in [4.78, 5) is 11.9. The van der Waals surface area contributed by atoms with Crippen molar-refractivity contribution in [2.45, 2.75) is 13.0 Å². The summed E-state index contributed by atoms with van der Waals surface area (Å²) in [5, 5.41) is 0.983. The molecule has 2 N–H and O–H groups in total. The smallest absolute Gasteiger partial charge is 0.181 e. The Morgan fingerprint density at radius 2 is 2.19 bits per heavy atom. The maximum atomic E-state index is 11.9. The van der Waals surface area contributed by atoms with E-state index < -0.39 is 6.04 Å². The Morgan fingerprint density at radius 3 is 2.81 bits per heavy atom. The fourth-order valence-corrected chi connectivity index (χ4v) is 2.30. The third-order valence-electron chi connectivity index (χ3n) is 2.63. The standard InChI is InChI=1S/C12H13IN2O/c1-7(14)12(16)10-6-15(2)11-4-3-8(13)5-9(10)11/h3-7H,14H2,1-2H3. The fraction of sp³-hybridized carbons (Fsp3) is 0.250. The first-order valence-electron chi connectivity index (χ1n) is 5.05. The molecule has 0 bridgehead atoms. The van der Waals surface area contributed by atoms with Crippen LogP contribution in [-0.4, -0.2) is 16.4 Å². The topological polar surface area (TPSA) is 48.0 Å². The van der Waals surface area contributed by atoms with E-state index in [9.17, 15) is 4.79 Å². The van der Waals surface area contributed by atoms with E-state index in [1.165, 1.54) is 0 Å². The van der Waals surface area contributed by atoms with Gasteiger partial charge < -0.3 is 10.3 Å². The number of Topliss-reactive ketones (excluding diaryl/α,β-unsaturated/α-hetero) is 1. The molecule has 0 aliphatic rings. The van der Waals surface area contributed by atoms with Crippen molar-refractivity contribution in [3.63, 3.8) is 0 Å². The largest absolute Gasteiger partial charge is 0.350 e. The number of fused-ring (bicyclic) bond motifs is 1. The third-order valence-corrected chi connectivity index (χ3v) is 3.30. The van der Waals surface area contributed by atoms with Crippen LogP contribution in [0.1, 0.15) is 17.3 Å². The molecule has 0 spiro atoms. The zero-order chi connectivity index (χ0) is 11.9. The quantitative estimate of drug-likeness (QED) is 0.679. The number of nitrogens with zero attached hydrogens (tertiary/aromatic N) is 1. The molecular weight excluding hydrogens is 315 g/mol. The number of hydrogen-bond acceptors (Lipinski definition) is 2. The summed E-state index contributed by atoms with van der Waals surface area (Å²) in [7, 11) is 1.94. The van der Waals surface area contributed by atoms with Crippen molar-refractivity contribution in [2.24, 2.45) is 12.8 Å². The highest BCUT2D eigenvalue weighted by Gasteiger charge is 2.16. The Morgan fingerprint density at radius 1 is 1.50 bits per heavy atom. The van der Waals surface area contributed by atoms with Gasteiger partial charge in [0.1, 0.15) is 0 Å². The molecule has 4 heteroatoms. The van der Waals surface area contributed by atoms with Gasteiger partial charge in [-0.2, -0.15) is 0 Å². The second kappa shape index (κ2) is 4.18. The summed E-state index contributed by atoms with van der Waals surface area (Å²) in [6.45, 7) is 1.72. The van der Waals surface area contributed by atoms with E-state index in [2.05, 4.69) is 22.6 Å². The summed E-state index contributed by atoms with van der Waals surface area (Å²) in [6, 6.07) is 5.62. The summed E-state index contributed by atoms with van der Waals surface area (Å²) in [5.41, 5.74) is 7.42. The number of benzene rings is 1. The van der Waals surface area contributed by atoms with Crippen LogP contribution in [0.2, 0.25) is 0 Å². The van der Waals surface area contributed by atoms with Gasteiger partial charge in [0.15, 0.2) is 5.78 Å². The van der Waals surface area contributed by atoms with Crippen LogP contribution in [-0.2, 0) is 7.05 Å². The predicted molar refractivity (Wildman–Crippen MR) is 73.6 cm³/mol. The lowest BCUT2D eigenvalue weighted by molar-refractivity contribution is 0.0969. The van der Waals surface area contributed by atoms with Crippen LogP contribution >= 0.6 is 22.6 Å². The van der Waals surface area contributed by atoms with Gasteiger partial charge in [-0.1, -0.05) is 0 Å². The predicted octanol–water partition coefficient (Wildman–Crippen LogP) is 2.31. The lowest BCUT2D eigenvalue weighted by Gasteiger charge is -2.02. The van der Waals surface area contributed by atoms with Crippen molar-refractivity contribution >= 4 is 39.3 Å². The Balaban J connectivity index is 2.71. The molecule has 0 fully saturated rings. The highest BCUT2D eigenvalue weighted by atomic mass is 127. The number of ketones is 1. The second-order valence-electron chi connectivity index (χ2n) is 3.97. The van der Waals surface area contributed by atoms with E-state index in [-0.39, 0.29) is 5.78 Å². The molecule has 1 unspecified atom stereocenters. The Labute approximate surface area is 108 Å². The molecule has 3 nitrogen and oxygen atoms in total. The molecule has 1 aromatic heterocycles. The van der Waals surface area contributed by atoms with Gasteiger partial charge in [-0.05, 0) is 47.7 Å². The minimum Gasteiger partial charge on any atom is -0.350 e. The highest BCUT2D eigenvalue weighted by molar-refractivity contribution is 14.1. The number of hydrogen-bond donors (Lipinski definition) is 1. The SMILES string of the molecule is CC(N)C(=O)c1cn(C)c2ccc(I)cc12. The van der Waals surface area contributed by atoms with E-state index in [1.54, 1.807) is 6.92 Å². The van der Waals surface area contributed by atoms with Gasteiger partial charge >= 0.3 is 0 Å². The summed E-state index contributed by atoms with van der Waals surface area (Å²) in [5.74, 6) is -0.00685. The molecule has 0 radical (unpaired) electrons. The van der Waals surface area contributed by atoms with Gasteiger partial charge in [0.05, 0.1) is 6.04 Å². The number of carbonyl (C=O) groups excluding carboxylic acids is 1. The first-order valence-corrected chi connectivity index (χ1v) is 6.13. The van der Waals surface area contributed by atoms with Gasteiger partial charge in [0, 0.05) is 33.3 Å². The molecule has 0 aliphatic heterocycles. The van der Waals surface area contributed by atoms with Gasteiger partial charge in [-0.25, -0.2) is 0 Å². The first kappa shape index (κ1) is 11.6. The summed E-state index contributed by atoms with van der Waals surface area (Å²) in [6.07, 6.45) is 1.85. The minimum atomic E-state index is -0.455. The molecule has 1 atom stereocenters. The lowest BCUT2D eigenvalue weighted by Crippen LogP contribution is -2.26. The summed E-state index contributed by atoms with van der Waals surface area (Å²) >= 11 is 2.24. The van der Waals surface area contributed by atoms with E-state index in [0.29, 0.717) is 5.56 Å². The number of aryl methyl sites for hydroxylation is 1. The average molecular weight is 328 g/mol. The second-order valence-corrected chi connectivity index (χ2v) is 5.21. The number of halogens is 1. The van der Waals surface area contributed by atoms with E-state index in [0.717, 1.165) is 14.5 Å². The number of aromatic nitrogens is 1. The molecule has 2 aromatic rings. The van der Waals surface area contributed by atoms with Gasteiger partial charge in [0.2, 0.25) is 0 Å². The molecule has 0 aliphatic carbocycles. The zero-order valence-corrected chi connectivity index (χ0v) is 11.4. The fourth-order valence-electron chi connectivity index (χ4n) is 1.81. The van der Waals surface area contributed by atoms with Crippen molar-refractivity contribution in [3.05, 3.63) is 33.5 Å². The van der Waals surface area contributed by atoms with Crippen LogP contribution in [0.25, 0.3) is 10.9 Å². The van der Waals surface area contributed by atoms with Gasteiger partial charge in [-0.3, -0.25) is 4.79 Å². The molecule has 0 amide bonds. The van der Waals surface area contributed by atoms with E-state index in [4.69, 9.17) is 5.73 Å². The Bertz CT molecular complexity index is 557. The van der Waals surface area contributed by atoms with Gasteiger partial charge in [0.25, 0.3) is 0 Å². The van der Waals surface area contributed by atoms with Crippen LogP contribution in [0.15, 0.2) is 24.4 Å². The Hall–Kier alpha value is -0.880. The van der Waals surface area contributed by atoms with Crippen LogP contribution in [0, 0.1) is 3.57 Å². The molecule has 0 saturated heterocycles. The monoisotopic (exact) mass is 328 g/mol. The molecule has 16 heavy (non-hydrogen) atoms. The third kappa shape index (κ3) is 1.87. The molecule has 0 saturated carbocycles. The molecule has 1 heterocycles. The Kier molecular flexibility index (Phi) is 3.03. The van der Waals surface area contributed by atoms with Crippen LogP contribution in [0.3, 0.4) is 0 Å². The van der Waals surface area contributed by atoms with Crippen molar-refractivity contribution in [2.75, 3.05) is 0 Å².